The Morgan fingerprint density at radius 2 is 1.81 bits per heavy atom. The summed E-state index contributed by atoms with van der Waals surface area (Å²) in [5.41, 5.74) is 5.51. The first-order valence-electron chi connectivity index (χ1n) is 14.8. The number of alkyl halides is 3. The van der Waals surface area contributed by atoms with Crippen LogP contribution in [0.25, 0.3) is 5.57 Å². The molecule has 3 fully saturated rings. The second-order valence-corrected chi connectivity index (χ2v) is 11.7. The van der Waals surface area contributed by atoms with Crippen LogP contribution in [-0.2, 0) is 4.79 Å². The minimum absolute atomic E-state index is 0. The summed E-state index contributed by atoms with van der Waals surface area (Å²) in [6.07, 6.45) is 1.16. The van der Waals surface area contributed by atoms with Crippen molar-refractivity contribution in [3.63, 3.8) is 0 Å². The number of nitrogens with two attached hydrogens (primary N) is 1. The fourth-order valence-electron chi connectivity index (χ4n) is 7.04. The molecule has 3 saturated heterocycles. The van der Waals surface area contributed by atoms with Gasteiger partial charge in [0.2, 0.25) is 5.91 Å². The van der Waals surface area contributed by atoms with E-state index in [2.05, 4.69) is 16.4 Å². The number of β-amino-alcohol motifs (C(OH)–C–C–N with tert-alkyl or cyclic N) is 1. The fourth-order valence-corrected chi connectivity index (χ4v) is 7.04. The molecule has 4 aliphatic rings. The zero-order valence-corrected chi connectivity index (χ0v) is 24.9. The van der Waals surface area contributed by atoms with E-state index >= 15 is 0 Å². The van der Waals surface area contributed by atoms with Crippen molar-refractivity contribution >= 4 is 23.9 Å². The molecule has 43 heavy (non-hydrogen) atoms. The third-order valence-electron chi connectivity index (χ3n) is 9.28. The van der Waals surface area contributed by atoms with Crippen molar-refractivity contribution < 1.29 is 23.1 Å². The van der Waals surface area contributed by atoms with Crippen molar-refractivity contribution in [2.75, 3.05) is 58.9 Å². The SMILES string of the molecule is Cl.N#CN1CCC(C(N)=O)C(C2C(c3ccccc3)=C(C(F)(F)F)C=CN2N2CCC(CCN3CCNCC3)C(O)C2)C1. The van der Waals surface area contributed by atoms with Crippen LogP contribution >= 0.6 is 12.4 Å². The molecular weight excluding hydrogens is 583 g/mol. The van der Waals surface area contributed by atoms with Crippen molar-refractivity contribution in [3.8, 4) is 6.19 Å². The first-order valence-corrected chi connectivity index (χ1v) is 14.8. The van der Waals surface area contributed by atoms with Gasteiger partial charge in [0.15, 0.2) is 6.19 Å². The van der Waals surface area contributed by atoms with Crippen LogP contribution in [0, 0.1) is 29.2 Å². The molecule has 0 radical (unpaired) electrons. The summed E-state index contributed by atoms with van der Waals surface area (Å²) < 4.78 is 43.8. The van der Waals surface area contributed by atoms with Gasteiger partial charge in [-0.05, 0) is 48.9 Å². The number of likely N-dealkylation sites (tertiary alicyclic amines) is 1. The van der Waals surface area contributed by atoms with Gasteiger partial charge in [0.25, 0.3) is 0 Å². The number of benzene rings is 1. The van der Waals surface area contributed by atoms with Gasteiger partial charge in [-0.3, -0.25) is 4.79 Å². The van der Waals surface area contributed by atoms with Gasteiger partial charge < -0.3 is 31.0 Å². The lowest BCUT2D eigenvalue weighted by atomic mass is 9.74. The molecule has 5 unspecified atom stereocenters. The second-order valence-electron chi connectivity index (χ2n) is 11.7. The van der Waals surface area contributed by atoms with Gasteiger partial charge in [-0.25, -0.2) is 5.01 Å². The molecule has 0 spiro atoms. The predicted molar refractivity (Wildman–Crippen MR) is 159 cm³/mol. The maximum atomic E-state index is 14.6. The van der Waals surface area contributed by atoms with E-state index in [1.165, 1.54) is 11.1 Å². The smallest absolute Gasteiger partial charge is 0.391 e. The lowest BCUT2D eigenvalue weighted by Crippen LogP contribution is -2.60. The van der Waals surface area contributed by atoms with Gasteiger partial charge in [0, 0.05) is 70.4 Å². The predicted octanol–water partition coefficient (Wildman–Crippen LogP) is 2.42. The van der Waals surface area contributed by atoms with Gasteiger partial charge in [-0.2, -0.15) is 18.4 Å². The monoisotopic (exact) mass is 623 g/mol. The number of nitrogens with zero attached hydrogens (tertiary/aromatic N) is 5. The Kier molecular flexibility index (Phi) is 11.0. The van der Waals surface area contributed by atoms with E-state index in [1.807, 2.05) is 5.01 Å². The number of hydrazine groups is 1. The molecule has 9 nitrogen and oxygen atoms in total. The third kappa shape index (κ3) is 7.46. The number of aliphatic hydroxyl groups excluding tert-OH is 1. The highest BCUT2D eigenvalue weighted by Gasteiger charge is 2.49. The summed E-state index contributed by atoms with van der Waals surface area (Å²) in [7, 11) is 0. The van der Waals surface area contributed by atoms with E-state index in [9.17, 15) is 28.3 Å². The fraction of sp³-hybridized carbons (Fsp3) is 0.600. The summed E-state index contributed by atoms with van der Waals surface area (Å²) in [6, 6.07) is 7.50. The molecule has 13 heteroatoms. The zero-order valence-electron chi connectivity index (χ0n) is 24.1. The van der Waals surface area contributed by atoms with Crippen LogP contribution < -0.4 is 11.1 Å². The number of piperidine rings is 2. The molecule has 4 N–H and O–H groups in total. The molecule has 5 rings (SSSR count). The van der Waals surface area contributed by atoms with Crippen LogP contribution in [0.3, 0.4) is 0 Å². The van der Waals surface area contributed by atoms with Crippen molar-refractivity contribution in [1.29, 1.82) is 5.26 Å². The molecule has 4 aliphatic heterocycles. The van der Waals surface area contributed by atoms with E-state index in [-0.39, 0.29) is 43.4 Å². The van der Waals surface area contributed by atoms with Gasteiger partial charge in [-0.1, -0.05) is 30.3 Å². The van der Waals surface area contributed by atoms with Crippen molar-refractivity contribution in [1.82, 2.24) is 25.1 Å². The first-order chi connectivity index (χ1) is 20.2. The zero-order chi connectivity index (χ0) is 29.9. The second kappa shape index (κ2) is 14.3. The number of carbonyl (C=O) groups excluding carboxylic acids is 1. The van der Waals surface area contributed by atoms with E-state index in [1.54, 1.807) is 35.3 Å². The number of hydrogen-bond acceptors (Lipinski definition) is 8. The minimum Gasteiger partial charge on any atom is -0.391 e. The van der Waals surface area contributed by atoms with Crippen LogP contribution in [0.2, 0.25) is 0 Å². The number of allylic oxidation sites excluding steroid dienone is 2. The first kappa shape index (κ1) is 33.1. The van der Waals surface area contributed by atoms with E-state index in [4.69, 9.17) is 5.73 Å². The third-order valence-corrected chi connectivity index (χ3v) is 9.28. The Hall–Kier alpha value is -2.82. The number of hydrogen-bond donors (Lipinski definition) is 3. The number of primary amides is 1. The Morgan fingerprint density at radius 3 is 2.44 bits per heavy atom. The number of piperazine rings is 1. The van der Waals surface area contributed by atoms with Gasteiger partial charge >= 0.3 is 6.18 Å². The molecule has 0 saturated carbocycles. The number of carbonyl (C=O) groups is 1. The molecule has 5 atom stereocenters. The quantitative estimate of drug-likeness (QED) is 0.397. The summed E-state index contributed by atoms with van der Waals surface area (Å²) in [5, 5.41) is 28.0. The lowest BCUT2D eigenvalue weighted by Gasteiger charge is -2.51. The molecule has 1 aromatic carbocycles. The maximum absolute atomic E-state index is 14.6. The minimum atomic E-state index is -4.64. The van der Waals surface area contributed by atoms with Crippen LogP contribution in [0.4, 0.5) is 13.2 Å². The number of rotatable bonds is 7. The number of halogens is 4. The average Bonchev–Trinajstić information content (AvgIpc) is 2.99. The topological polar surface area (TPSA) is 112 Å². The van der Waals surface area contributed by atoms with Crippen molar-refractivity contribution in [2.24, 2.45) is 23.5 Å². The van der Waals surface area contributed by atoms with Gasteiger partial charge in [0.05, 0.1) is 17.7 Å². The standard InChI is InChI=1S/C30H40F3N7O2.ClH/c31-30(32,33)25-9-15-40(39-14-7-21(26(41)19-39)6-12-37-16-10-36-11-17-37)28(27(25)22-4-2-1-3-5-22)24-18-38(20-34)13-8-23(24)29(35)42;/h1-5,9,15,21,23-24,26,28,36,41H,6-8,10-14,16-19H2,(H2,35,42);1H. The normalized spacial score (nSPS) is 29.2. The molecule has 4 heterocycles. The largest absolute Gasteiger partial charge is 0.416 e. The molecule has 0 aliphatic carbocycles. The molecule has 1 amide bonds. The summed E-state index contributed by atoms with van der Waals surface area (Å²) in [6.45, 7) is 5.99. The molecule has 0 aromatic heterocycles. The summed E-state index contributed by atoms with van der Waals surface area (Å²) >= 11 is 0. The Bertz CT molecular complexity index is 1200. The molecule has 0 bridgehead atoms. The van der Waals surface area contributed by atoms with Crippen molar-refractivity contribution in [2.45, 2.75) is 37.6 Å². The molecular formula is C30H41ClF3N7O2. The highest BCUT2D eigenvalue weighted by atomic mass is 35.5. The highest BCUT2D eigenvalue weighted by molar-refractivity contribution is 5.85. The number of amides is 1. The average molecular weight is 624 g/mol. The Morgan fingerprint density at radius 1 is 1.09 bits per heavy atom. The number of aliphatic hydroxyl groups is 1. The van der Waals surface area contributed by atoms with E-state index in [0.717, 1.165) is 45.2 Å². The lowest BCUT2D eigenvalue weighted by molar-refractivity contribution is -0.130. The summed E-state index contributed by atoms with van der Waals surface area (Å²) in [4.78, 5) is 16.6. The Balaban J connectivity index is 0.00000423. The number of nitriles is 1. The van der Waals surface area contributed by atoms with Gasteiger partial charge in [0.1, 0.15) is 0 Å². The summed E-state index contributed by atoms with van der Waals surface area (Å²) in [5.74, 6) is -1.90. The highest BCUT2D eigenvalue weighted by Crippen LogP contribution is 2.45. The van der Waals surface area contributed by atoms with E-state index < -0.39 is 41.6 Å². The van der Waals surface area contributed by atoms with Gasteiger partial charge in [-0.15, -0.1) is 12.4 Å². The Labute approximate surface area is 257 Å². The van der Waals surface area contributed by atoms with Crippen molar-refractivity contribution in [3.05, 3.63) is 53.7 Å². The van der Waals surface area contributed by atoms with E-state index in [0.29, 0.717) is 25.1 Å². The van der Waals surface area contributed by atoms with Crippen LogP contribution in [-0.4, -0.2) is 108 Å². The number of nitrogens with one attached hydrogen (secondary N) is 1. The van der Waals surface area contributed by atoms with Crippen LogP contribution in [0.5, 0.6) is 0 Å². The molecule has 1 aromatic rings. The van der Waals surface area contributed by atoms with Crippen LogP contribution in [0.1, 0.15) is 24.8 Å². The molecule has 236 valence electrons. The maximum Gasteiger partial charge on any atom is 0.416 e. The van der Waals surface area contributed by atoms with Crippen LogP contribution in [0.15, 0.2) is 48.2 Å².